The Morgan fingerprint density at radius 1 is 1.27 bits per heavy atom. The van der Waals surface area contributed by atoms with Crippen LogP contribution in [0.25, 0.3) is 0 Å². The Labute approximate surface area is 137 Å². The van der Waals surface area contributed by atoms with Crippen molar-refractivity contribution in [3.05, 3.63) is 67.7 Å². The number of benzene rings is 2. The summed E-state index contributed by atoms with van der Waals surface area (Å²) < 4.78 is 0.780. The van der Waals surface area contributed by atoms with Crippen molar-refractivity contribution in [2.45, 2.75) is 19.5 Å². The molecule has 0 unspecified atom stereocenters. The first-order valence-corrected chi connectivity index (χ1v) is 7.86. The van der Waals surface area contributed by atoms with E-state index in [1.807, 2.05) is 18.2 Å². The lowest BCUT2D eigenvalue weighted by atomic mass is 9.96. The average Bonchev–Trinajstić information content (AvgIpc) is 2.51. The molecule has 0 aliphatic carbocycles. The number of hydrogen-bond acceptors (Lipinski definition) is 4. The normalized spacial score (nSPS) is 14.6. The molecule has 22 heavy (non-hydrogen) atoms. The summed E-state index contributed by atoms with van der Waals surface area (Å²) in [6, 6.07) is 11.7. The molecule has 5 nitrogen and oxygen atoms in total. The van der Waals surface area contributed by atoms with Crippen LogP contribution in [0.1, 0.15) is 16.7 Å². The lowest BCUT2D eigenvalue weighted by Crippen LogP contribution is -2.31. The van der Waals surface area contributed by atoms with Crippen molar-refractivity contribution in [1.82, 2.24) is 4.90 Å². The number of rotatable bonds is 3. The van der Waals surface area contributed by atoms with Crippen molar-refractivity contribution < 1.29 is 4.92 Å². The second kappa shape index (κ2) is 6.06. The van der Waals surface area contributed by atoms with Crippen molar-refractivity contribution in [3.63, 3.8) is 0 Å². The number of hydrogen-bond donors (Lipinski definition) is 1. The van der Waals surface area contributed by atoms with E-state index in [-0.39, 0.29) is 5.69 Å². The van der Waals surface area contributed by atoms with E-state index < -0.39 is 4.92 Å². The van der Waals surface area contributed by atoms with E-state index in [4.69, 9.17) is 5.73 Å². The number of nitrogen functional groups attached to an aromatic ring is 1. The van der Waals surface area contributed by atoms with Gasteiger partial charge in [-0.05, 0) is 17.5 Å². The minimum absolute atomic E-state index is 0.0211. The lowest BCUT2D eigenvalue weighted by Gasteiger charge is -2.30. The summed E-state index contributed by atoms with van der Waals surface area (Å²) in [6.07, 6.45) is 0.838. The molecule has 0 radical (unpaired) electrons. The van der Waals surface area contributed by atoms with Gasteiger partial charge >= 0.3 is 0 Å². The SMILES string of the molecule is Nc1c([N+](=O)[O-])cc(Br)c2c1CN(Cc1ccccc1)CC2. The van der Waals surface area contributed by atoms with Crippen molar-refractivity contribution in [2.24, 2.45) is 0 Å². The molecule has 0 aromatic heterocycles. The molecular weight excluding hydrogens is 346 g/mol. The number of nitrogens with two attached hydrogens (primary N) is 1. The highest BCUT2D eigenvalue weighted by Gasteiger charge is 2.26. The molecule has 2 aromatic carbocycles. The smallest absolute Gasteiger partial charge is 0.293 e. The quantitative estimate of drug-likeness (QED) is 0.515. The molecule has 0 amide bonds. The zero-order valence-electron chi connectivity index (χ0n) is 12.0. The van der Waals surface area contributed by atoms with E-state index in [1.54, 1.807) is 0 Å². The molecule has 0 fully saturated rings. The molecule has 1 heterocycles. The number of anilines is 1. The maximum absolute atomic E-state index is 11.1. The van der Waals surface area contributed by atoms with Crippen molar-refractivity contribution in [3.8, 4) is 0 Å². The Kier molecular flexibility index (Phi) is 4.13. The molecule has 0 atom stereocenters. The summed E-state index contributed by atoms with van der Waals surface area (Å²) in [5.74, 6) is 0. The van der Waals surface area contributed by atoms with E-state index in [0.717, 1.165) is 35.1 Å². The first-order chi connectivity index (χ1) is 10.6. The van der Waals surface area contributed by atoms with Crippen LogP contribution in [-0.4, -0.2) is 16.4 Å². The van der Waals surface area contributed by atoms with E-state index in [1.165, 1.54) is 11.6 Å². The zero-order valence-corrected chi connectivity index (χ0v) is 13.5. The summed E-state index contributed by atoms with van der Waals surface area (Å²) in [5.41, 5.74) is 9.51. The van der Waals surface area contributed by atoms with Crippen molar-refractivity contribution in [2.75, 3.05) is 12.3 Å². The molecule has 2 N–H and O–H groups in total. The summed E-state index contributed by atoms with van der Waals surface area (Å²) in [7, 11) is 0. The molecule has 0 saturated carbocycles. The highest BCUT2D eigenvalue weighted by Crippen LogP contribution is 2.37. The number of nitro benzene ring substituents is 1. The fourth-order valence-electron chi connectivity index (χ4n) is 2.90. The Morgan fingerprint density at radius 3 is 2.68 bits per heavy atom. The largest absolute Gasteiger partial charge is 0.393 e. The third kappa shape index (κ3) is 2.84. The maximum Gasteiger partial charge on any atom is 0.293 e. The molecule has 3 rings (SSSR count). The van der Waals surface area contributed by atoms with Crippen LogP contribution in [-0.2, 0) is 19.5 Å². The van der Waals surface area contributed by atoms with Gasteiger partial charge in [-0.1, -0.05) is 46.3 Å². The maximum atomic E-state index is 11.1. The van der Waals surface area contributed by atoms with Crippen LogP contribution in [0, 0.1) is 10.1 Å². The van der Waals surface area contributed by atoms with E-state index in [0.29, 0.717) is 12.2 Å². The molecule has 1 aliphatic heterocycles. The van der Waals surface area contributed by atoms with Gasteiger partial charge in [0.2, 0.25) is 0 Å². The van der Waals surface area contributed by atoms with Gasteiger partial charge in [0, 0.05) is 35.7 Å². The van der Waals surface area contributed by atoms with Crippen LogP contribution >= 0.6 is 15.9 Å². The van der Waals surface area contributed by atoms with Crippen LogP contribution in [0.15, 0.2) is 40.9 Å². The standard InChI is InChI=1S/C16H16BrN3O2/c17-14-8-15(20(21)22)16(18)13-10-19(7-6-12(13)14)9-11-4-2-1-3-5-11/h1-5,8H,6-7,9-10,18H2. The average molecular weight is 362 g/mol. The topological polar surface area (TPSA) is 72.4 Å². The van der Waals surface area contributed by atoms with Gasteiger partial charge in [-0.2, -0.15) is 0 Å². The van der Waals surface area contributed by atoms with E-state index in [9.17, 15) is 10.1 Å². The van der Waals surface area contributed by atoms with E-state index in [2.05, 4.69) is 33.0 Å². The fourth-order valence-corrected chi connectivity index (χ4v) is 3.55. The Hall–Kier alpha value is -1.92. The third-order valence-corrected chi connectivity index (χ3v) is 4.73. The second-order valence-electron chi connectivity index (χ2n) is 5.45. The second-order valence-corrected chi connectivity index (χ2v) is 6.31. The molecule has 0 saturated heterocycles. The highest BCUT2D eigenvalue weighted by atomic mass is 79.9. The van der Waals surface area contributed by atoms with Gasteiger partial charge in [-0.15, -0.1) is 0 Å². The first kappa shape index (κ1) is 15.0. The minimum atomic E-state index is -0.420. The number of halogens is 1. The summed E-state index contributed by atoms with van der Waals surface area (Å²) in [6.45, 7) is 2.37. The van der Waals surface area contributed by atoms with Gasteiger partial charge in [-0.3, -0.25) is 15.0 Å². The zero-order chi connectivity index (χ0) is 15.7. The Balaban J connectivity index is 1.90. The molecule has 2 aromatic rings. The summed E-state index contributed by atoms with van der Waals surface area (Å²) in [5, 5.41) is 11.1. The predicted octanol–water partition coefficient (Wildman–Crippen LogP) is 3.50. The molecule has 114 valence electrons. The Bertz CT molecular complexity index is 719. The summed E-state index contributed by atoms with van der Waals surface area (Å²) >= 11 is 3.44. The lowest BCUT2D eigenvalue weighted by molar-refractivity contribution is -0.384. The summed E-state index contributed by atoms with van der Waals surface area (Å²) in [4.78, 5) is 13.0. The molecule has 0 spiro atoms. The molecule has 6 heteroatoms. The van der Waals surface area contributed by atoms with Crippen molar-refractivity contribution >= 4 is 27.3 Å². The highest BCUT2D eigenvalue weighted by molar-refractivity contribution is 9.10. The van der Waals surface area contributed by atoms with Gasteiger partial charge in [0.05, 0.1) is 4.92 Å². The predicted molar refractivity (Wildman–Crippen MR) is 89.5 cm³/mol. The van der Waals surface area contributed by atoms with Gasteiger partial charge in [-0.25, -0.2) is 0 Å². The van der Waals surface area contributed by atoms with Crippen LogP contribution in [0.2, 0.25) is 0 Å². The minimum Gasteiger partial charge on any atom is -0.393 e. The third-order valence-electron chi connectivity index (χ3n) is 4.02. The van der Waals surface area contributed by atoms with Crippen LogP contribution in [0.4, 0.5) is 11.4 Å². The molecule has 1 aliphatic rings. The van der Waals surface area contributed by atoms with Crippen LogP contribution in [0.5, 0.6) is 0 Å². The fraction of sp³-hybridized carbons (Fsp3) is 0.250. The van der Waals surface area contributed by atoms with Crippen LogP contribution < -0.4 is 5.73 Å². The van der Waals surface area contributed by atoms with Gasteiger partial charge in [0.25, 0.3) is 5.69 Å². The van der Waals surface area contributed by atoms with E-state index >= 15 is 0 Å². The number of nitro groups is 1. The Morgan fingerprint density at radius 2 is 2.00 bits per heavy atom. The van der Waals surface area contributed by atoms with Gasteiger partial charge in [0.1, 0.15) is 5.69 Å². The molecular formula is C16H16BrN3O2. The van der Waals surface area contributed by atoms with Crippen molar-refractivity contribution in [1.29, 1.82) is 0 Å². The number of fused-ring (bicyclic) bond motifs is 1. The van der Waals surface area contributed by atoms with Crippen LogP contribution in [0.3, 0.4) is 0 Å². The molecule has 0 bridgehead atoms. The monoisotopic (exact) mass is 361 g/mol. The van der Waals surface area contributed by atoms with Gasteiger partial charge in [0.15, 0.2) is 0 Å². The number of nitrogens with zero attached hydrogens (tertiary/aromatic N) is 2. The first-order valence-electron chi connectivity index (χ1n) is 7.06. The van der Waals surface area contributed by atoms with Gasteiger partial charge < -0.3 is 5.73 Å².